The molecule has 33 heavy (non-hydrogen) atoms. The monoisotopic (exact) mass is 473 g/mol. The maximum atomic E-state index is 12.8. The Hall–Kier alpha value is -3.10. The van der Waals surface area contributed by atoms with Crippen LogP contribution in [-0.2, 0) is 4.79 Å². The summed E-state index contributed by atoms with van der Waals surface area (Å²) in [6.07, 6.45) is 2.07. The number of carbonyl (C=O) groups excluding carboxylic acids is 1. The molecule has 1 aliphatic heterocycles. The maximum Gasteiger partial charge on any atom is 0.252 e. The van der Waals surface area contributed by atoms with Crippen molar-refractivity contribution >= 4 is 35.2 Å². The summed E-state index contributed by atoms with van der Waals surface area (Å²) in [5.41, 5.74) is 5.61. The summed E-state index contributed by atoms with van der Waals surface area (Å²) in [5, 5.41) is 7.99. The largest absolute Gasteiger partial charge is 0.309 e. The highest BCUT2D eigenvalue weighted by Crippen LogP contribution is 2.46. The Labute approximate surface area is 201 Å². The highest BCUT2D eigenvalue weighted by atomic mass is 32.2. The lowest BCUT2D eigenvalue weighted by Crippen LogP contribution is -2.17. The van der Waals surface area contributed by atoms with Crippen molar-refractivity contribution in [3.8, 4) is 17.2 Å². The van der Waals surface area contributed by atoms with Gasteiger partial charge in [-0.05, 0) is 43.9 Å². The molecular formula is C25H23N5OS2. The van der Waals surface area contributed by atoms with Crippen LogP contribution in [-0.4, -0.2) is 37.7 Å². The fourth-order valence-corrected chi connectivity index (χ4v) is 5.54. The molecule has 1 aliphatic rings. The Kier molecular flexibility index (Phi) is 5.95. The van der Waals surface area contributed by atoms with E-state index in [2.05, 4.69) is 45.8 Å². The van der Waals surface area contributed by atoms with E-state index >= 15 is 0 Å². The molecule has 166 valence electrons. The number of thioether (sulfide) groups is 2. The van der Waals surface area contributed by atoms with Crippen LogP contribution in [0, 0.1) is 13.8 Å². The summed E-state index contributed by atoms with van der Waals surface area (Å²) in [5.74, 6) is 1.38. The van der Waals surface area contributed by atoms with Crippen molar-refractivity contribution < 1.29 is 4.79 Å². The first-order valence-electron chi connectivity index (χ1n) is 10.6. The van der Waals surface area contributed by atoms with E-state index in [1.807, 2.05) is 50.2 Å². The van der Waals surface area contributed by atoms with Crippen LogP contribution >= 0.6 is 23.5 Å². The van der Waals surface area contributed by atoms with Gasteiger partial charge in [-0.15, -0.1) is 23.5 Å². The van der Waals surface area contributed by atoms with Crippen LogP contribution in [0.5, 0.6) is 0 Å². The van der Waals surface area contributed by atoms with Crippen LogP contribution in [0.2, 0.25) is 0 Å². The van der Waals surface area contributed by atoms with Gasteiger partial charge in [0, 0.05) is 27.4 Å². The van der Waals surface area contributed by atoms with Crippen LogP contribution in [0.1, 0.15) is 27.8 Å². The van der Waals surface area contributed by atoms with Gasteiger partial charge in [0.05, 0.1) is 16.7 Å². The molecule has 2 aromatic heterocycles. The van der Waals surface area contributed by atoms with E-state index in [1.165, 1.54) is 4.90 Å². The third kappa shape index (κ3) is 4.28. The minimum absolute atomic E-state index is 0.0605. The molecule has 4 aromatic rings. The highest BCUT2D eigenvalue weighted by Gasteiger charge is 2.33. The number of fused-ring (bicyclic) bond motifs is 1. The number of hydrogen-bond donors (Lipinski definition) is 1. The van der Waals surface area contributed by atoms with Gasteiger partial charge in [0.25, 0.3) is 5.95 Å². The van der Waals surface area contributed by atoms with Crippen LogP contribution in [0.25, 0.3) is 17.2 Å². The van der Waals surface area contributed by atoms with Crippen molar-refractivity contribution in [3.05, 3.63) is 83.2 Å². The lowest BCUT2D eigenvalue weighted by atomic mass is 10.00. The summed E-state index contributed by atoms with van der Waals surface area (Å²) < 4.78 is 1.69. The molecule has 0 fully saturated rings. The molecule has 0 bridgehead atoms. The maximum absolute atomic E-state index is 12.8. The molecule has 3 heterocycles. The van der Waals surface area contributed by atoms with E-state index in [-0.39, 0.29) is 11.2 Å². The molecule has 1 N–H and O–H groups in total. The smallest absolute Gasteiger partial charge is 0.252 e. The topological polar surface area (TPSA) is 72.7 Å². The number of hydrogen-bond acceptors (Lipinski definition) is 6. The van der Waals surface area contributed by atoms with E-state index in [0.29, 0.717) is 17.5 Å². The Balaban J connectivity index is 1.77. The summed E-state index contributed by atoms with van der Waals surface area (Å²) >= 11 is 3.32. The van der Waals surface area contributed by atoms with Gasteiger partial charge in [0.15, 0.2) is 0 Å². The van der Waals surface area contributed by atoms with Crippen LogP contribution in [0.3, 0.4) is 0 Å². The van der Waals surface area contributed by atoms with E-state index in [9.17, 15) is 4.79 Å². The van der Waals surface area contributed by atoms with Gasteiger partial charge >= 0.3 is 0 Å². The van der Waals surface area contributed by atoms with E-state index < -0.39 is 0 Å². The number of nitrogens with zero attached hydrogens (tertiary/aromatic N) is 4. The number of aromatic nitrogens is 4. The summed E-state index contributed by atoms with van der Waals surface area (Å²) in [6.45, 7) is 3.87. The van der Waals surface area contributed by atoms with Crippen molar-refractivity contribution in [1.82, 2.24) is 19.7 Å². The van der Waals surface area contributed by atoms with Crippen molar-refractivity contribution in [1.29, 1.82) is 0 Å². The van der Waals surface area contributed by atoms with Crippen LogP contribution in [0.15, 0.2) is 65.6 Å². The molecule has 0 radical (unpaired) electrons. The number of carbonyl (C=O) groups is 1. The van der Waals surface area contributed by atoms with Gasteiger partial charge in [0.1, 0.15) is 5.82 Å². The second-order valence-electron chi connectivity index (χ2n) is 7.85. The molecule has 0 saturated carbocycles. The van der Waals surface area contributed by atoms with Gasteiger partial charge in [-0.25, -0.2) is 9.97 Å². The summed E-state index contributed by atoms with van der Waals surface area (Å²) in [6, 6.07) is 20.5. The first kappa shape index (κ1) is 21.7. The first-order chi connectivity index (χ1) is 16.0. The minimum atomic E-state index is -0.0651. The molecule has 1 amide bonds. The number of aryl methyl sites for hydroxylation is 2. The van der Waals surface area contributed by atoms with E-state index in [1.54, 1.807) is 28.2 Å². The standard InChI is InChI=1S/C25H23N5OS2/c1-15-13-16(2)27-25(26-15)30-24-21(22(29-30)17-7-5-4-6-8-17)23(33-14-20(31)28-24)18-9-11-19(32-3)12-10-18/h4-13,23H,14H2,1-3H3,(H,28,31). The van der Waals surface area contributed by atoms with Crippen molar-refractivity contribution in [3.63, 3.8) is 0 Å². The van der Waals surface area contributed by atoms with Crippen LogP contribution < -0.4 is 5.32 Å². The quantitative estimate of drug-likeness (QED) is 0.398. The number of benzene rings is 2. The predicted octanol–water partition coefficient (Wildman–Crippen LogP) is 5.44. The van der Waals surface area contributed by atoms with Gasteiger partial charge < -0.3 is 5.32 Å². The van der Waals surface area contributed by atoms with Crippen molar-refractivity contribution in [2.45, 2.75) is 24.0 Å². The molecule has 0 aliphatic carbocycles. The Morgan fingerprint density at radius 3 is 2.39 bits per heavy atom. The molecule has 2 aromatic carbocycles. The van der Waals surface area contributed by atoms with Crippen LogP contribution in [0.4, 0.5) is 5.82 Å². The lowest BCUT2D eigenvalue weighted by Gasteiger charge is -2.16. The third-order valence-electron chi connectivity index (χ3n) is 5.45. The average Bonchev–Trinajstić information content (AvgIpc) is 3.09. The molecule has 0 saturated heterocycles. The highest BCUT2D eigenvalue weighted by molar-refractivity contribution is 8.00. The lowest BCUT2D eigenvalue weighted by molar-refractivity contribution is -0.113. The fourth-order valence-electron chi connectivity index (χ4n) is 4.01. The Bertz CT molecular complexity index is 1300. The van der Waals surface area contributed by atoms with Crippen molar-refractivity contribution in [2.24, 2.45) is 0 Å². The zero-order valence-corrected chi connectivity index (χ0v) is 20.2. The van der Waals surface area contributed by atoms with Gasteiger partial charge in [0.2, 0.25) is 5.91 Å². The molecule has 8 heteroatoms. The number of anilines is 1. The summed E-state index contributed by atoms with van der Waals surface area (Å²) in [4.78, 5) is 23.2. The number of nitrogens with one attached hydrogen (secondary N) is 1. The molecule has 5 rings (SSSR count). The SMILES string of the molecule is CSc1ccc(C2SCC(=O)Nc3c2c(-c2ccccc2)nn3-c2nc(C)cc(C)n2)cc1. The third-order valence-corrected chi connectivity index (χ3v) is 7.46. The second-order valence-corrected chi connectivity index (χ2v) is 9.82. The molecular weight excluding hydrogens is 450 g/mol. The zero-order valence-electron chi connectivity index (χ0n) is 18.6. The summed E-state index contributed by atoms with van der Waals surface area (Å²) in [7, 11) is 0. The first-order valence-corrected chi connectivity index (χ1v) is 12.9. The average molecular weight is 474 g/mol. The van der Waals surface area contributed by atoms with Gasteiger partial charge in [-0.2, -0.15) is 9.78 Å². The molecule has 1 atom stereocenters. The van der Waals surface area contributed by atoms with Gasteiger partial charge in [-0.3, -0.25) is 4.79 Å². The van der Waals surface area contributed by atoms with Crippen molar-refractivity contribution in [2.75, 3.05) is 17.3 Å². The molecule has 0 spiro atoms. The van der Waals surface area contributed by atoms with E-state index in [0.717, 1.165) is 33.8 Å². The Morgan fingerprint density at radius 2 is 1.73 bits per heavy atom. The predicted molar refractivity (Wildman–Crippen MR) is 135 cm³/mol. The fraction of sp³-hybridized carbons (Fsp3) is 0.200. The van der Waals surface area contributed by atoms with Gasteiger partial charge in [-0.1, -0.05) is 42.5 Å². The minimum Gasteiger partial charge on any atom is -0.309 e. The molecule has 6 nitrogen and oxygen atoms in total. The Morgan fingerprint density at radius 1 is 1.03 bits per heavy atom. The molecule has 1 unspecified atom stereocenters. The normalized spacial score (nSPS) is 15.6. The number of rotatable bonds is 4. The van der Waals surface area contributed by atoms with E-state index in [4.69, 9.17) is 5.10 Å². The number of amides is 1. The zero-order chi connectivity index (χ0) is 22.9. The second kappa shape index (κ2) is 9.03.